The molecule has 5 nitrogen and oxygen atoms in total. The summed E-state index contributed by atoms with van der Waals surface area (Å²) < 4.78 is 0. The Hall–Kier alpha value is -1.76. The largest absolute Gasteiger partial charge is 1.00 e. The van der Waals surface area contributed by atoms with Crippen molar-refractivity contribution in [2.24, 2.45) is 0 Å². The van der Waals surface area contributed by atoms with Gasteiger partial charge in [0.25, 0.3) is 0 Å². The molecule has 0 radical (unpaired) electrons. The van der Waals surface area contributed by atoms with Crippen LogP contribution in [-0.2, 0) is 0 Å². The molecule has 104 valence electrons. The van der Waals surface area contributed by atoms with E-state index in [9.17, 15) is 4.79 Å². The maximum absolute atomic E-state index is 12.0. The molecule has 2 heterocycles. The highest BCUT2D eigenvalue weighted by Gasteiger charge is 2.18. The van der Waals surface area contributed by atoms with Gasteiger partial charge in [0.1, 0.15) is 15.9 Å². The predicted molar refractivity (Wildman–Crippen MR) is 76.5 cm³/mol. The minimum absolute atomic E-state index is 0. The molecule has 0 atom stereocenters. The molecule has 0 bridgehead atoms. The third-order valence-electron chi connectivity index (χ3n) is 2.62. The van der Waals surface area contributed by atoms with Crippen molar-refractivity contribution in [2.45, 2.75) is 0 Å². The number of benzene rings is 1. The minimum Gasteiger partial charge on any atom is -1.00 e. The first-order valence-electron chi connectivity index (χ1n) is 5.48. The van der Waals surface area contributed by atoms with E-state index in [1.807, 2.05) is 6.07 Å². The number of amides is 1. The third kappa shape index (κ3) is 2.72. The first-order chi connectivity index (χ1) is 9.13. The first-order valence-corrected chi connectivity index (χ1v) is 6.74. The molecule has 3 rings (SSSR count). The Morgan fingerprint density at radius 2 is 2.20 bits per heavy atom. The van der Waals surface area contributed by atoms with Crippen LogP contribution in [0.1, 0.15) is 9.67 Å². The molecule has 5 N–H and O–H groups in total. The molecule has 0 saturated carbocycles. The van der Waals surface area contributed by atoms with Crippen molar-refractivity contribution < 1.29 is 22.2 Å². The van der Waals surface area contributed by atoms with Gasteiger partial charge in [-0.3, -0.25) is 0 Å². The second-order valence-electron chi connectivity index (χ2n) is 3.98. The van der Waals surface area contributed by atoms with Crippen LogP contribution in [0.5, 0.6) is 0 Å². The van der Waals surface area contributed by atoms with Crippen molar-refractivity contribution >= 4 is 51.5 Å². The number of carbonyl (C=O) groups is 1. The Labute approximate surface area is 129 Å². The number of fused-ring (bicyclic) bond motifs is 1. The van der Waals surface area contributed by atoms with Gasteiger partial charge in [-0.2, -0.15) is 0 Å². The zero-order valence-electron chi connectivity index (χ0n) is 10.0. The number of rotatable bonds is 2. The molecule has 0 aliphatic carbocycles. The molecule has 0 unspecified atom stereocenters. The van der Waals surface area contributed by atoms with E-state index >= 15 is 0 Å². The minimum atomic E-state index is -0.254. The van der Waals surface area contributed by atoms with Gasteiger partial charge < -0.3 is 18.1 Å². The van der Waals surface area contributed by atoms with Crippen molar-refractivity contribution in [3.8, 4) is 0 Å². The number of imidazole rings is 1. The fourth-order valence-electron chi connectivity index (χ4n) is 1.76. The van der Waals surface area contributed by atoms with E-state index in [0.717, 1.165) is 11.0 Å². The second kappa shape index (κ2) is 5.70. The predicted octanol–water partition coefficient (Wildman–Crippen LogP) is -0.465. The number of nitrogens with two attached hydrogens (primary N) is 1. The van der Waals surface area contributed by atoms with Gasteiger partial charge in [0, 0.05) is 11.8 Å². The van der Waals surface area contributed by atoms with Crippen molar-refractivity contribution in [2.75, 3.05) is 11.1 Å². The van der Waals surface area contributed by atoms with Gasteiger partial charge in [-0.25, -0.2) is 20.1 Å². The standard InChI is InChI=1S/C12H9ClN4OS.ClH/c13-7-3-4-19-10(7)11(18)17-12-15-8-2-1-6(14)5-9(8)16-12;/h1-5H,14H2,(H2,15,16,17,18);1H. The van der Waals surface area contributed by atoms with Crippen LogP contribution >= 0.6 is 22.9 Å². The van der Waals surface area contributed by atoms with Crippen LogP contribution in [0.3, 0.4) is 0 Å². The van der Waals surface area contributed by atoms with E-state index in [4.69, 9.17) is 17.3 Å². The van der Waals surface area contributed by atoms with Crippen LogP contribution in [0.25, 0.3) is 11.0 Å². The van der Waals surface area contributed by atoms with Crippen molar-refractivity contribution in [1.29, 1.82) is 0 Å². The molecular formula is C12H10Cl2N4OS. The van der Waals surface area contributed by atoms with Gasteiger partial charge in [-0.1, -0.05) is 11.6 Å². The topological polar surface area (TPSA) is 85.0 Å². The number of H-pyrrole nitrogens is 2. The lowest BCUT2D eigenvalue weighted by Crippen LogP contribution is -3.00. The van der Waals surface area contributed by atoms with Crippen LogP contribution in [0, 0.1) is 0 Å². The van der Waals surface area contributed by atoms with Crippen LogP contribution in [0.2, 0.25) is 5.02 Å². The Morgan fingerprint density at radius 1 is 1.40 bits per heavy atom. The lowest BCUT2D eigenvalue weighted by atomic mass is 10.3. The molecule has 0 saturated heterocycles. The van der Waals surface area contributed by atoms with Crippen LogP contribution in [0.4, 0.5) is 11.6 Å². The summed E-state index contributed by atoms with van der Waals surface area (Å²) in [7, 11) is 0. The molecule has 2 aromatic heterocycles. The summed E-state index contributed by atoms with van der Waals surface area (Å²) in [6.45, 7) is 0. The molecule has 0 spiro atoms. The van der Waals surface area contributed by atoms with Crippen molar-refractivity contribution in [3.63, 3.8) is 0 Å². The second-order valence-corrected chi connectivity index (χ2v) is 5.31. The lowest BCUT2D eigenvalue weighted by Gasteiger charge is -1.93. The summed E-state index contributed by atoms with van der Waals surface area (Å²) in [4.78, 5) is 18.6. The van der Waals surface area contributed by atoms with E-state index < -0.39 is 0 Å². The van der Waals surface area contributed by atoms with Crippen molar-refractivity contribution in [1.82, 2.24) is 4.98 Å². The number of nitrogen functional groups attached to an aromatic ring is 1. The molecule has 1 aromatic carbocycles. The highest BCUT2D eigenvalue weighted by atomic mass is 35.5. The summed E-state index contributed by atoms with van der Waals surface area (Å²) in [5.41, 5.74) is 8.04. The number of nitrogens with one attached hydrogen (secondary N) is 3. The molecular weight excluding hydrogens is 319 g/mol. The number of thiophene rings is 1. The zero-order chi connectivity index (χ0) is 13.4. The Morgan fingerprint density at radius 3 is 2.90 bits per heavy atom. The van der Waals surface area contributed by atoms with Crippen LogP contribution < -0.4 is 28.4 Å². The van der Waals surface area contributed by atoms with E-state index in [2.05, 4.69) is 15.3 Å². The Bertz CT molecular complexity index is 768. The SMILES string of the molecule is Nc1ccc2[nH+]c(NC(=O)c3sccc3Cl)[nH]c2c1.[Cl-]. The molecule has 0 fully saturated rings. The number of aromatic amines is 2. The average molecular weight is 329 g/mol. The Balaban J connectivity index is 0.00000147. The molecule has 20 heavy (non-hydrogen) atoms. The number of aromatic nitrogens is 2. The lowest BCUT2D eigenvalue weighted by molar-refractivity contribution is -0.326. The molecule has 8 heteroatoms. The van der Waals surface area contributed by atoms with Gasteiger partial charge in [0.2, 0.25) is 0 Å². The number of hydrogen-bond acceptors (Lipinski definition) is 3. The fourth-order valence-corrected chi connectivity index (χ4v) is 2.80. The summed E-state index contributed by atoms with van der Waals surface area (Å²) in [6.07, 6.45) is 0. The summed E-state index contributed by atoms with van der Waals surface area (Å²) in [6, 6.07) is 7.11. The number of anilines is 2. The number of halogens is 2. The summed E-state index contributed by atoms with van der Waals surface area (Å²) in [5.74, 6) is 0.242. The maximum atomic E-state index is 12.0. The zero-order valence-corrected chi connectivity index (χ0v) is 12.4. The van der Waals surface area contributed by atoms with E-state index in [1.165, 1.54) is 11.3 Å². The molecule has 3 aromatic rings. The molecule has 1 amide bonds. The van der Waals surface area contributed by atoms with Gasteiger partial charge >= 0.3 is 11.9 Å². The normalized spacial score (nSPS) is 10.2. The average Bonchev–Trinajstić information content (AvgIpc) is 2.94. The number of carbonyl (C=O) groups excluding carboxylic acids is 1. The van der Waals surface area contributed by atoms with Crippen LogP contribution in [-0.4, -0.2) is 10.9 Å². The van der Waals surface area contributed by atoms with Gasteiger partial charge in [0.15, 0.2) is 0 Å². The molecule has 0 aliphatic rings. The monoisotopic (exact) mass is 328 g/mol. The summed E-state index contributed by atoms with van der Waals surface area (Å²) in [5, 5.41) is 4.95. The highest BCUT2D eigenvalue weighted by molar-refractivity contribution is 7.12. The van der Waals surface area contributed by atoms with Crippen LogP contribution in [0.15, 0.2) is 29.6 Å². The summed E-state index contributed by atoms with van der Waals surface area (Å²) >= 11 is 7.21. The van der Waals surface area contributed by atoms with E-state index in [1.54, 1.807) is 23.6 Å². The smallest absolute Gasteiger partial charge is 0.361 e. The Kier molecular flexibility index (Phi) is 4.17. The third-order valence-corrected chi connectivity index (χ3v) is 3.97. The fraction of sp³-hybridized carbons (Fsp3) is 0. The highest BCUT2D eigenvalue weighted by Crippen LogP contribution is 2.22. The van der Waals surface area contributed by atoms with E-state index in [-0.39, 0.29) is 18.3 Å². The van der Waals surface area contributed by atoms with Crippen molar-refractivity contribution in [3.05, 3.63) is 39.5 Å². The molecule has 0 aliphatic heterocycles. The first kappa shape index (κ1) is 14.6. The maximum Gasteiger partial charge on any atom is 0.361 e. The van der Waals surface area contributed by atoms with Gasteiger partial charge in [-0.15, -0.1) is 11.3 Å². The van der Waals surface area contributed by atoms with Gasteiger partial charge in [-0.05, 0) is 23.6 Å². The van der Waals surface area contributed by atoms with Gasteiger partial charge in [0.05, 0.1) is 5.02 Å². The van der Waals surface area contributed by atoms with E-state index in [0.29, 0.717) is 21.5 Å². The quantitative estimate of drug-likeness (QED) is 0.556. The number of hydrogen-bond donors (Lipinski definition) is 3.